The van der Waals surface area contributed by atoms with Gasteiger partial charge in [-0.1, -0.05) is 13.8 Å². The number of hydrogen-bond donors (Lipinski definition) is 1. The molecule has 0 radical (unpaired) electrons. The Bertz CT molecular complexity index is 278. The number of likely N-dealkylation sites (N-methyl/N-ethyl adjacent to an activating group) is 1. The lowest BCUT2D eigenvalue weighted by atomic mass is 9.87. The van der Waals surface area contributed by atoms with Gasteiger partial charge in [-0.3, -0.25) is 9.69 Å². The second-order valence-corrected chi connectivity index (χ2v) is 5.47. The first-order valence-corrected chi connectivity index (χ1v) is 6.87. The van der Waals surface area contributed by atoms with Gasteiger partial charge in [-0.05, 0) is 32.5 Å². The molecular formula is C13H25N3O. The highest BCUT2D eigenvalue weighted by Gasteiger charge is 2.34. The van der Waals surface area contributed by atoms with Crippen molar-refractivity contribution in [3.63, 3.8) is 0 Å². The molecule has 0 aromatic carbocycles. The summed E-state index contributed by atoms with van der Waals surface area (Å²) in [6, 6.07) is 0.504. The number of carbonyl (C=O) groups excluding carboxylic acids is 1. The second-order valence-electron chi connectivity index (χ2n) is 5.47. The van der Waals surface area contributed by atoms with Crippen LogP contribution in [-0.2, 0) is 4.79 Å². The zero-order valence-electron chi connectivity index (χ0n) is 11.3. The average molecular weight is 239 g/mol. The van der Waals surface area contributed by atoms with E-state index in [1.807, 2.05) is 0 Å². The molecule has 2 heterocycles. The van der Waals surface area contributed by atoms with E-state index in [-0.39, 0.29) is 5.92 Å². The molecule has 0 saturated carbocycles. The number of nitrogens with zero attached hydrogens (tertiary/aromatic N) is 2. The standard InChI is InChI=1S/C13H25N3O/c1-4-15-5-6-16(9-10(15)2)13(17)11(3)12-7-14-8-12/h10-12,14H,4-9H2,1-3H3. The number of nitrogens with one attached hydrogen (secondary N) is 1. The van der Waals surface area contributed by atoms with E-state index >= 15 is 0 Å². The molecule has 2 aliphatic heterocycles. The Morgan fingerprint density at radius 1 is 1.41 bits per heavy atom. The third-order valence-corrected chi connectivity index (χ3v) is 4.39. The highest BCUT2D eigenvalue weighted by Crippen LogP contribution is 2.20. The molecule has 0 aliphatic carbocycles. The predicted molar refractivity (Wildman–Crippen MR) is 68.8 cm³/mol. The highest BCUT2D eigenvalue weighted by molar-refractivity contribution is 5.79. The van der Waals surface area contributed by atoms with Crippen molar-refractivity contribution in [2.24, 2.45) is 11.8 Å². The number of carbonyl (C=O) groups is 1. The third-order valence-electron chi connectivity index (χ3n) is 4.39. The maximum atomic E-state index is 12.4. The van der Waals surface area contributed by atoms with Gasteiger partial charge < -0.3 is 10.2 Å². The lowest BCUT2D eigenvalue weighted by Gasteiger charge is -2.42. The van der Waals surface area contributed by atoms with E-state index in [4.69, 9.17) is 0 Å². The summed E-state index contributed by atoms with van der Waals surface area (Å²) >= 11 is 0. The molecule has 0 aromatic rings. The molecule has 98 valence electrons. The van der Waals surface area contributed by atoms with E-state index in [9.17, 15) is 4.79 Å². The molecule has 2 fully saturated rings. The summed E-state index contributed by atoms with van der Waals surface area (Å²) in [7, 11) is 0. The fraction of sp³-hybridized carbons (Fsp3) is 0.923. The minimum absolute atomic E-state index is 0.191. The van der Waals surface area contributed by atoms with Crippen LogP contribution in [0.1, 0.15) is 20.8 Å². The molecule has 4 heteroatoms. The van der Waals surface area contributed by atoms with Crippen molar-refractivity contribution in [3.05, 3.63) is 0 Å². The van der Waals surface area contributed by atoms with Crippen LogP contribution < -0.4 is 5.32 Å². The molecule has 1 N–H and O–H groups in total. The summed E-state index contributed by atoms with van der Waals surface area (Å²) in [4.78, 5) is 16.9. The summed E-state index contributed by atoms with van der Waals surface area (Å²) in [6.07, 6.45) is 0. The molecule has 0 bridgehead atoms. The van der Waals surface area contributed by atoms with Crippen molar-refractivity contribution in [1.29, 1.82) is 0 Å². The van der Waals surface area contributed by atoms with Crippen LogP contribution in [0.2, 0.25) is 0 Å². The maximum Gasteiger partial charge on any atom is 0.225 e. The Kier molecular flexibility index (Phi) is 4.05. The average Bonchev–Trinajstić information content (AvgIpc) is 2.25. The van der Waals surface area contributed by atoms with Crippen LogP contribution in [0.25, 0.3) is 0 Å². The van der Waals surface area contributed by atoms with Crippen LogP contribution in [-0.4, -0.2) is 61.0 Å². The van der Waals surface area contributed by atoms with Gasteiger partial charge in [0.05, 0.1) is 0 Å². The Labute approximate surface area is 104 Å². The van der Waals surface area contributed by atoms with E-state index in [0.29, 0.717) is 17.9 Å². The lowest BCUT2D eigenvalue weighted by Crippen LogP contribution is -2.57. The van der Waals surface area contributed by atoms with Gasteiger partial charge >= 0.3 is 0 Å². The minimum atomic E-state index is 0.191. The summed E-state index contributed by atoms with van der Waals surface area (Å²) in [5, 5.41) is 3.25. The number of hydrogen-bond acceptors (Lipinski definition) is 3. The number of amides is 1. The van der Waals surface area contributed by atoms with Gasteiger partial charge in [0.2, 0.25) is 5.91 Å². The zero-order valence-corrected chi connectivity index (χ0v) is 11.3. The number of piperazine rings is 1. The smallest absolute Gasteiger partial charge is 0.225 e. The summed E-state index contributed by atoms with van der Waals surface area (Å²) in [5.41, 5.74) is 0. The van der Waals surface area contributed by atoms with E-state index in [2.05, 4.69) is 35.9 Å². The van der Waals surface area contributed by atoms with E-state index in [1.54, 1.807) is 0 Å². The first-order chi connectivity index (χ1) is 8.13. The number of rotatable bonds is 3. The fourth-order valence-corrected chi connectivity index (χ4v) is 2.82. The van der Waals surface area contributed by atoms with Gasteiger partial charge in [-0.2, -0.15) is 0 Å². The SMILES string of the molecule is CCN1CCN(C(=O)C(C)C2CNC2)CC1C. The molecule has 2 rings (SSSR count). The maximum absolute atomic E-state index is 12.4. The van der Waals surface area contributed by atoms with Crippen molar-refractivity contribution in [1.82, 2.24) is 15.1 Å². The van der Waals surface area contributed by atoms with Gasteiger partial charge in [0, 0.05) is 31.6 Å². The van der Waals surface area contributed by atoms with E-state index in [1.165, 1.54) is 0 Å². The molecule has 2 unspecified atom stereocenters. The largest absolute Gasteiger partial charge is 0.340 e. The monoisotopic (exact) mass is 239 g/mol. The van der Waals surface area contributed by atoms with Crippen LogP contribution in [0, 0.1) is 11.8 Å². The molecular weight excluding hydrogens is 214 g/mol. The van der Waals surface area contributed by atoms with E-state index in [0.717, 1.165) is 39.3 Å². The zero-order chi connectivity index (χ0) is 12.4. The van der Waals surface area contributed by atoms with Crippen LogP contribution in [0.15, 0.2) is 0 Å². The van der Waals surface area contributed by atoms with Crippen LogP contribution in [0.4, 0.5) is 0 Å². The van der Waals surface area contributed by atoms with Gasteiger partial charge in [-0.25, -0.2) is 0 Å². The van der Waals surface area contributed by atoms with Crippen molar-refractivity contribution in [2.75, 3.05) is 39.3 Å². The normalized spacial score (nSPS) is 28.9. The third kappa shape index (κ3) is 2.63. The molecule has 1 amide bonds. The summed E-state index contributed by atoms with van der Waals surface area (Å²) < 4.78 is 0. The highest BCUT2D eigenvalue weighted by atomic mass is 16.2. The van der Waals surface area contributed by atoms with Crippen LogP contribution in [0.3, 0.4) is 0 Å². The Balaban J connectivity index is 1.87. The second kappa shape index (κ2) is 5.36. The van der Waals surface area contributed by atoms with Crippen molar-refractivity contribution in [3.8, 4) is 0 Å². The lowest BCUT2D eigenvalue weighted by molar-refractivity contribution is -0.140. The first kappa shape index (κ1) is 12.8. The Morgan fingerprint density at radius 3 is 2.59 bits per heavy atom. The molecule has 0 spiro atoms. The topological polar surface area (TPSA) is 35.6 Å². The summed E-state index contributed by atoms with van der Waals surface area (Å²) in [6.45, 7) is 12.4. The predicted octanol–water partition coefficient (Wildman–Crippen LogP) is 0.395. The minimum Gasteiger partial charge on any atom is -0.340 e. The summed E-state index contributed by atoms with van der Waals surface area (Å²) in [5.74, 6) is 1.11. The van der Waals surface area contributed by atoms with Crippen molar-refractivity contribution >= 4 is 5.91 Å². The quantitative estimate of drug-likeness (QED) is 0.774. The molecule has 2 aliphatic rings. The van der Waals surface area contributed by atoms with Gasteiger partial charge in [0.15, 0.2) is 0 Å². The van der Waals surface area contributed by atoms with Crippen LogP contribution in [0.5, 0.6) is 0 Å². The molecule has 0 aromatic heterocycles. The molecule has 2 saturated heterocycles. The van der Waals surface area contributed by atoms with Crippen LogP contribution >= 0.6 is 0 Å². The van der Waals surface area contributed by atoms with Crippen molar-refractivity contribution in [2.45, 2.75) is 26.8 Å². The first-order valence-electron chi connectivity index (χ1n) is 6.87. The Morgan fingerprint density at radius 2 is 2.12 bits per heavy atom. The molecule has 17 heavy (non-hydrogen) atoms. The van der Waals surface area contributed by atoms with Gasteiger partial charge in [-0.15, -0.1) is 0 Å². The van der Waals surface area contributed by atoms with Gasteiger partial charge in [0.1, 0.15) is 0 Å². The van der Waals surface area contributed by atoms with Gasteiger partial charge in [0.25, 0.3) is 0 Å². The van der Waals surface area contributed by atoms with Crippen molar-refractivity contribution < 1.29 is 4.79 Å². The Hall–Kier alpha value is -0.610. The molecule has 2 atom stereocenters. The molecule has 4 nitrogen and oxygen atoms in total. The van der Waals surface area contributed by atoms with E-state index < -0.39 is 0 Å². The fourth-order valence-electron chi connectivity index (χ4n) is 2.82.